The molecule has 1 aliphatic heterocycles. The molecule has 0 spiro atoms. The molecule has 1 aromatic rings. The van der Waals surface area contributed by atoms with E-state index in [4.69, 9.17) is 11.6 Å². The van der Waals surface area contributed by atoms with E-state index in [0.29, 0.717) is 16.5 Å². The van der Waals surface area contributed by atoms with E-state index in [0.717, 1.165) is 31.4 Å². The van der Waals surface area contributed by atoms with Crippen molar-refractivity contribution in [3.8, 4) is 0 Å². The molecule has 1 saturated heterocycles. The summed E-state index contributed by atoms with van der Waals surface area (Å²) in [4.78, 5) is 12.1. The molecule has 2 unspecified atom stereocenters. The summed E-state index contributed by atoms with van der Waals surface area (Å²) in [6, 6.07) is 5.17. The SMILES string of the molecule is CS(=O)Cc1cc(NC(=O)C2CCCCN2)ccc1Cl.Cl. The van der Waals surface area contributed by atoms with Crippen LogP contribution in [0.25, 0.3) is 0 Å². The summed E-state index contributed by atoms with van der Waals surface area (Å²) in [5.41, 5.74) is 1.49. The largest absolute Gasteiger partial charge is 0.325 e. The van der Waals surface area contributed by atoms with E-state index in [-0.39, 0.29) is 24.4 Å². The van der Waals surface area contributed by atoms with Gasteiger partial charge < -0.3 is 10.6 Å². The topological polar surface area (TPSA) is 58.2 Å². The Hall–Kier alpha value is -0.620. The molecule has 0 saturated carbocycles. The van der Waals surface area contributed by atoms with Crippen LogP contribution in [0, 0.1) is 0 Å². The van der Waals surface area contributed by atoms with Gasteiger partial charge in [0.15, 0.2) is 0 Å². The Kier molecular flexibility index (Phi) is 7.66. The number of hydrogen-bond acceptors (Lipinski definition) is 3. The van der Waals surface area contributed by atoms with Crippen LogP contribution in [0.1, 0.15) is 24.8 Å². The highest BCUT2D eigenvalue weighted by Gasteiger charge is 2.20. The molecule has 7 heteroatoms. The van der Waals surface area contributed by atoms with Gasteiger partial charge >= 0.3 is 0 Å². The van der Waals surface area contributed by atoms with E-state index in [1.54, 1.807) is 24.5 Å². The first-order valence-corrected chi connectivity index (χ1v) is 8.79. The van der Waals surface area contributed by atoms with Gasteiger partial charge in [0.2, 0.25) is 5.91 Å². The van der Waals surface area contributed by atoms with Gasteiger partial charge in [-0.3, -0.25) is 9.00 Å². The number of rotatable bonds is 4. The van der Waals surface area contributed by atoms with E-state index in [1.807, 2.05) is 0 Å². The number of halogens is 2. The van der Waals surface area contributed by atoms with Gasteiger partial charge in [-0.15, -0.1) is 12.4 Å². The lowest BCUT2D eigenvalue weighted by Crippen LogP contribution is -2.43. The number of anilines is 1. The molecule has 0 aromatic heterocycles. The molecule has 2 N–H and O–H groups in total. The second-order valence-corrected chi connectivity index (χ2v) is 6.86. The summed E-state index contributed by atoms with van der Waals surface area (Å²) in [6.45, 7) is 0.888. The van der Waals surface area contributed by atoms with E-state index in [9.17, 15) is 9.00 Å². The minimum atomic E-state index is -0.962. The molecular formula is C14H20Cl2N2O2S. The molecule has 0 radical (unpaired) electrons. The third-order valence-electron chi connectivity index (χ3n) is 3.30. The first kappa shape index (κ1) is 18.4. The molecule has 1 fully saturated rings. The van der Waals surface area contributed by atoms with Crippen molar-refractivity contribution in [3.63, 3.8) is 0 Å². The van der Waals surface area contributed by atoms with E-state index in [1.165, 1.54) is 0 Å². The number of nitrogens with one attached hydrogen (secondary N) is 2. The minimum Gasteiger partial charge on any atom is -0.325 e. The molecule has 4 nitrogen and oxygen atoms in total. The number of amides is 1. The molecule has 0 aliphatic carbocycles. The van der Waals surface area contributed by atoms with Crippen LogP contribution in [-0.2, 0) is 21.3 Å². The van der Waals surface area contributed by atoms with Gasteiger partial charge in [0.25, 0.3) is 0 Å². The summed E-state index contributed by atoms with van der Waals surface area (Å²) in [5.74, 6) is 0.375. The maximum atomic E-state index is 12.1. The van der Waals surface area contributed by atoms with Crippen LogP contribution in [0.15, 0.2) is 18.2 Å². The zero-order chi connectivity index (χ0) is 14.5. The Morgan fingerprint density at radius 1 is 1.48 bits per heavy atom. The normalized spacial score (nSPS) is 19.4. The summed E-state index contributed by atoms with van der Waals surface area (Å²) < 4.78 is 11.3. The van der Waals surface area contributed by atoms with Gasteiger partial charge in [-0.1, -0.05) is 18.0 Å². The minimum absolute atomic E-state index is 0. The first-order valence-electron chi connectivity index (χ1n) is 6.69. The Labute approximate surface area is 138 Å². The third kappa shape index (κ3) is 5.58. The number of benzene rings is 1. The van der Waals surface area contributed by atoms with Gasteiger partial charge in [0, 0.05) is 33.5 Å². The highest BCUT2D eigenvalue weighted by molar-refractivity contribution is 7.83. The van der Waals surface area contributed by atoms with Gasteiger partial charge in [-0.05, 0) is 43.1 Å². The number of piperidine rings is 1. The molecule has 118 valence electrons. The van der Waals surface area contributed by atoms with Crippen molar-refractivity contribution in [2.24, 2.45) is 0 Å². The number of hydrogen-bond donors (Lipinski definition) is 2. The predicted octanol–water partition coefficient (Wildman–Crippen LogP) is 2.72. The maximum Gasteiger partial charge on any atom is 0.241 e. The maximum absolute atomic E-state index is 12.1. The summed E-state index contributed by atoms with van der Waals surface area (Å²) >= 11 is 6.07. The molecule has 1 heterocycles. The second kappa shape index (κ2) is 8.73. The Bertz CT molecular complexity index is 520. The van der Waals surface area contributed by atoms with Crippen LogP contribution in [0.3, 0.4) is 0 Å². The smallest absolute Gasteiger partial charge is 0.241 e. The number of carbonyl (C=O) groups is 1. The second-order valence-electron chi connectivity index (χ2n) is 5.02. The molecule has 1 amide bonds. The lowest BCUT2D eigenvalue weighted by molar-refractivity contribution is -0.118. The predicted molar refractivity (Wildman–Crippen MR) is 90.7 cm³/mol. The molecular weight excluding hydrogens is 331 g/mol. The Morgan fingerprint density at radius 2 is 2.24 bits per heavy atom. The monoisotopic (exact) mass is 350 g/mol. The van der Waals surface area contributed by atoms with Crippen molar-refractivity contribution in [2.75, 3.05) is 18.1 Å². The lowest BCUT2D eigenvalue weighted by Gasteiger charge is -2.22. The average Bonchev–Trinajstić information content (AvgIpc) is 2.43. The van der Waals surface area contributed by atoms with Gasteiger partial charge in [0.1, 0.15) is 0 Å². The summed E-state index contributed by atoms with van der Waals surface area (Å²) in [6.07, 6.45) is 4.70. The fourth-order valence-corrected chi connectivity index (χ4v) is 3.23. The average molecular weight is 351 g/mol. The highest BCUT2D eigenvalue weighted by Crippen LogP contribution is 2.22. The van der Waals surface area contributed by atoms with Crippen molar-refractivity contribution >= 4 is 46.4 Å². The molecule has 1 aromatic carbocycles. The zero-order valence-electron chi connectivity index (χ0n) is 11.9. The quantitative estimate of drug-likeness (QED) is 0.877. The van der Waals surface area contributed by atoms with Crippen LogP contribution in [-0.4, -0.2) is 29.0 Å². The fourth-order valence-electron chi connectivity index (χ4n) is 2.29. The van der Waals surface area contributed by atoms with Crippen LogP contribution in [0.2, 0.25) is 5.02 Å². The standard InChI is InChI=1S/C14H19ClN2O2S.ClH/c1-20(19)9-10-8-11(5-6-12(10)15)17-14(18)13-4-2-3-7-16-13;/h5-6,8,13,16H,2-4,7,9H2,1H3,(H,17,18);1H. The molecule has 1 aliphatic rings. The summed E-state index contributed by atoms with van der Waals surface area (Å²) in [7, 11) is -0.962. The van der Waals surface area contributed by atoms with E-state index >= 15 is 0 Å². The Balaban J connectivity index is 0.00000220. The molecule has 2 rings (SSSR count). The van der Waals surface area contributed by atoms with Crippen molar-refractivity contribution in [2.45, 2.75) is 31.1 Å². The number of carbonyl (C=O) groups excluding carboxylic acids is 1. The van der Waals surface area contributed by atoms with E-state index < -0.39 is 10.8 Å². The van der Waals surface area contributed by atoms with Crippen LogP contribution >= 0.6 is 24.0 Å². The van der Waals surface area contributed by atoms with Crippen molar-refractivity contribution in [3.05, 3.63) is 28.8 Å². The fraction of sp³-hybridized carbons (Fsp3) is 0.500. The van der Waals surface area contributed by atoms with E-state index in [2.05, 4.69) is 10.6 Å². The molecule has 0 bridgehead atoms. The third-order valence-corrected chi connectivity index (χ3v) is 4.39. The van der Waals surface area contributed by atoms with Crippen molar-refractivity contribution < 1.29 is 9.00 Å². The highest BCUT2D eigenvalue weighted by atomic mass is 35.5. The van der Waals surface area contributed by atoms with Crippen LogP contribution in [0.5, 0.6) is 0 Å². The van der Waals surface area contributed by atoms with Crippen molar-refractivity contribution in [1.29, 1.82) is 0 Å². The zero-order valence-corrected chi connectivity index (χ0v) is 14.2. The Morgan fingerprint density at radius 3 is 2.86 bits per heavy atom. The van der Waals surface area contributed by atoms with Crippen LogP contribution in [0.4, 0.5) is 5.69 Å². The first-order chi connectivity index (χ1) is 9.56. The summed E-state index contributed by atoms with van der Waals surface area (Å²) in [5, 5.41) is 6.68. The van der Waals surface area contributed by atoms with Gasteiger partial charge in [0.05, 0.1) is 6.04 Å². The molecule has 21 heavy (non-hydrogen) atoms. The van der Waals surface area contributed by atoms with Crippen molar-refractivity contribution in [1.82, 2.24) is 5.32 Å². The lowest BCUT2D eigenvalue weighted by atomic mass is 10.0. The van der Waals surface area contributed by atoms with Crippen LogP contribution < -0.4 is 10.6 Å². The van der Waals surface area contributed by atoms with Gasteiger partial charge in [-0.2, -0.15) is 0 Å². The van der Waals surface area contributed by atoms with Gasteiger partial charge in [-0.25, -0.2) is 0 Å². The molecule has 2 atom stereocenters.